The van der Waals surface area contributed by atoms with Crippen LogP contribution in [0.2, 0.25) is 0 Å². The molecule has 0 heterocycles. The highest BCUT2D eigenvalue weighted by molar-refractivity contribution is 5.91. The Morgan fingerprint density at radius 2 is 1.03 bits per heavy atom. The van der Waals surface area contributed by atoms with Crippen molar-refractivity contribution in [3.8, 4) is 16.9 Å². The Hall–Kier alpha value is -4.18. The Bertz CT molecular complexity index is 1240. The van der Waals surface area contributed by atoms with Crippen LogP contribution in [0.4, 0.5) is 0 Å². The second-order valence-electron chi connectivity index (χ2n) is 7.92. The number of carbonyl (C=O) groups excluding carboxylic acids is 2. The van der Waals surface area contributed by atoms with E-state index in [9.17, 15) is 9.59 Å². The number of carbonyl (C=O) groups is 2. The Balaban J connectivity index is 1.36. The molecule has 4 aromatic rings. The van der Waals surface area contributed by atoms with Crippen LogP contribution in [0.1, 0.15) is 37.4 Å². The fourth-order valence-corrected chi connectivity index (χ4v) is 3.29. The molecule has 164 valence electrons. The number of benzene rings is 4. The van der Waals surface area contributed by atoms with Crippen molar-refractivity contribution in [1.29, 1.82) is 0 Å². The lowest BCUT2D eigenvalue weighted by atomic mass is 10.0. The van der Waals surface area contributed by atoms with E-state index in [1.54, 1.807) is 36.4 Å². The first-order chi connectivity index (χ1) is 16.0. The van der Waals surface area contributed by atoms with E-state index in [4.69, 9.17) is 9.47 Å². The molecule has 0 bridgehead atoms. The first-order valence-corrected chi connectivity index (χ1v) is 10.7. The van der Waals surface area contributed by atoms with Gasteiger partial charge in [0.15, 0.2) is 0 Å². The van der Waals surface area contributed by atoms with Gasteiger partial charge in [0.1, 0.15) is 12.4 Å². The van der Waals surface area contributed by atoms with Crippen molar-refractivity contribution in [2.75, 3.05) is 0 Å². The summed E-state index contributed by atoms with van der Waals surface area (Å²) in [5, 5.41) is 0. The van der Waals surface area contributed by atoms with Gasteiger partial charge in [-0.05, 0) is 66.9 Å². The van der Waals surface area contributed by atoms with Crippen LogP contribution in [-0.4, -0.2) is 11.9 Å². The van der Waals surface area contributed by atoms with Gasteiger partial charge in [-0.1, -0.05) is 71.8 Å². The zero-order chi connectivity index (χ0) is 23.2. The van der Waals surface area contributed by atoms with Gasteiger partial charge in [-0.15, -0.1) is 0 Å². The van der Waals surface area contributed by atoms with E-state index in [-0.39, 0.29) is 12.6 Å². The number of aryl methyl sites for hydroxylation is 2. The zero-order valence-corrected chi connectivity index (χ0v) is 18.6. The van der Waals surface area contributed by atoms with Crippen LogP contribution in [0.3, 0.4) is 0 Å². The van der Waals surface area contributed by atoms with Gasteiger partial charge in [0, 0.05) is 0 Å². The van der Waals surface area contributed by atoms with Crippen LogP contribution in [0, 0.1) is 13.8 Å². The number of esters is 2. The summed E-state index contributed by atoms with van der Waals surface area (Å²) in [5.41, 5.74) is 6.10. The molecule has 0 N–H and O–H groups in total. The molecule has 0 radical (unpaired) electrons. The van der Waals surface area contributed by atoms with Gasteiger partial charge in [-0.2, -0.15) is 0 Å². The first kappa shape index (κ1) is 22.0. The van der Waals surface area contributed by atoms with Gasteiger partial charge >= 0.3 is 11.9 Å². The molecule has 0 saturated carbocycles. The van der Waals surface area contributed by atoms with Gasteiger partial charge < -0.3 is 9.47 Å². The molecule has 0 aromatic heterocycles. The largest absolute Gasteiger partial charge is 0.457 e. The molecule has 0 saturated heterocycles. The van der Waals surface area contributed by atoms with Crippen LogP contribution in [0.25, 0.3) is 11.1 Å². The maximum absolute atomic E-state index is 12.3. The highest BCUT2D eigenvalue weighted by Crippen LogP contribution is 2.24. The summed E-state index contributed by atoms with van der Waals surface area (Å²) >= 11 is 0. The SMILES string of the molecule is Cc1ccc(COC(=O)c2ccc(-c3ccc(OC(=O)c4ccc(C)cc4)cc3)cc2)cc1. The van der Waals surface area contributed by atoms with Crippen molar-refractivity contribution in [2.24, 2.45) is 0 Å². The third-order valence-corrected chi connectivity index (χ3v) is 5.30. The van der Waals surface area contributed by atoms with E-state index in [0.29, 0.717) is 16.9 Å². The van der Waals surface area contributed by atoms with Crippen molar-refractivity contribution in [2.45, 2.75) is 20.5 Å². The predicted octanol–water partition coefficient (Wildman–Crippen LogP) is 6.55. The van der Waals surface area contributed by atoms with Gasteiger partial charge in [-0.3, -0.25) is 0 Å². The monoisotopic (exact) mass is 436 g/mol. The van der Waals surface area contributed by atoms with E-state index in [1.807, 2.05) is 74.5 Å². The standard InChI is InChI=1S/C29H24O4/c1-20-3-7-22(8-4-20)19-32-28(30)25-13-11-23(12-14-25)24-15-17-27(18-16-24)33-29(31)26-9-5-21(2)6-10-26/h3-18H,19H2,1-2H3. The fourth-order valence-electron chi connectivity index (χ4n) is 3.29. The predicted molar refractivity (Wildman–Crippen MR) is 128 cm³/mol. The maximum atomic E-state index is 12.3. The molecule has 0 aliphatic rings. The summed E-state index contributed by atoms with van der Waals surface area (Å²) in [6, 6.07) is 29.6. The van der Waals surface area contributed by atoms with Crippen molar-refractivity contribution in [3.63, 3.8) is 0 Å². The van der Waals surface area contributed by atoms with Crippen molar-refractivity contribution < 1.29 is 19.1 Å². The first-order valence-electron chi connectivity index (χ1n) is 10.7. The molecule has 33 heavy (non-hydrogen) atoms. The van der Waals surface area contributed by atoms with Crippen LogP contribution in [0.15, 0.2) is 97.1 Å². The molecule has 0 atom stereocenters. The molecule has 4 nitrogen and oxygen atoms in total. The molecule has 0 fully saturated rings. The van der Waals surface area contributed by atoms with Crippen LogP contribution >= 0.6 is 0 Å². The second kappa shape index (κ2) is 9.96. The van der Waals surface area contributed by atoms with Crippen molar-refractivity contribution >= 4 is 11.9 Å². The lowest BCUT2D eigenvalue weighted by Gasteiger charge is -2.08. The Morgan fingerprint density at radius 1 is 0.576 bits per heavy atom. The molecule has 0 unspecified atom stereocenters. The number of ether oxygens (including phenoxy) is 2. The van der Waals surface area contributed by atoms with Crippen LogP contribution in [0.5, 0.6) is 5.75 Å². The van der Waals surface area contributed by atoms with E-state index in [1.165, 1.54) is 0 Å². The minimum Gasteiger partial charge on any atom is -0.457 e. The summed E-state index contributed by atoms with van der Waals surface area (Å²) in [4.78, 5) is 24.6. The Labute approximate surface area is 193 Å². The van der Waals surface area contributed by atoms with Crippen molar-refractivity contribution in [3.05, 3.63) is 125 Å². The quantitative estimate of drug-likeness (QED) is 0.254. The summed E-state index contributed by atoms with van der Waals surface area (Å²) < 4.78 is 10.9. The van der Waals surface area contributed by atoms with Crippen LogP contribution in [-0.2, 0) is 11.3 Å². The lowest BCUT2D eigenvalue weighted by Crippen LogP contribution is -2.08. The highest BCUT2D eigenvalue weighted by Gasteiger charge is 2.10. The number of hydrogen-bond donors (Lipinski definition) is 0. The molecule has 0 aliphatic carbocycles. The highest BCUT2D eigenvalue weighted by atomic mass is 16.5. The molecule has 4 rings (SSSR count). The molecule has 0 spiro atoms. The number of hydrogen-bond acceptors (Lipinski definition) is 4. The molecular formula is C29H24O4. The summed E-state index contributed by atoms with van der Waals surface area (Å²) in [6.07, 6.45) is 0. The third-order valence-electron chi connectivity index (χ3n) is 5.30. The van der Waals surface area contributed by atoms with E-state index in [2.05, 4.69) is 0 Å². The summed E-state index contributed by atoms with van der Waals surface area (Å²) in [7, 11) is 0. The zero-order valence-electron chi connectivity index (χ0n) is 18.6. The summed E-state index contributed by atoms with van der Waals surface area (Å²) in [6.45, 7) is 4.22. The minimum atomic E-state index is -0.392. The van der Waals surface area contributed by atoms with Crippen molar-refractivity contribution in [1.82, 2.24) is 0 Å². The molecular weight excluding hydrogens is 412 g/mol. The Kier molecular flexibility index (Phi) is 6.65. The van der Waals surface area contributed by atoms with Gasteiger partial charge in [-0.25, -0.2) is 9.59 Å². The van der Waals surface area contributed by atoms with Gasteiger partial charge in [0.25, 0.3) is 0 Å². The smallest absolute Gasteiger partial charge is 0.343 e. The lowest BCUT2D eigenvalue weighted by molar-refractivity contribution is 0.0472. The fraction of sp³-hybridized carbons (Fsp3) is 0.103. The Morgan fingerprint density at radius 3 is 1.61 bits per heavy atom. The van der Waals surface area contributed by atoms with E-state index < -0.39 is 5.97 Å². The minimum absolute atomic E-state index is 0.240. The second-order valence-corrected chi connectivity index (χ2v) is 7.92. The maximum Gasteiger partial charge on any atom is 0.343 e. The average molecular weight is 437 g/mol. The van der Waals surface area contributed by atoms with Gasteiger partial charge in [0.05, 0.1) is 11.1 Å². The van der Waals surface area contributed by atoms with Gasteiger partial charge in [0.2, 0.25) is 0 Å². The summed E-state index contributed by atoms with van der Waals surface area (Å²) in [5.74, 6) is -0.280. The van der Waals surface area contributed by atoms with E-state index in [0.717, 1.165) is 27.8 Å². The number of rotatable bonds is 6. The van der Waals surface area contributed by atoms with E-state index >= 15 is 0 Å². The molecule has 0 aliphatic heterocycles. The normalized spacial score (nSPS) is 10.5. The topological polar surface area (TPSA) is 52.6 Å². The van der Waals surface area contributed by atoms with Crippen LogP contribution < -0.4 is 4.74 Å². The molecule has 4 heteroatoms. The average Bonchev–Trinajstić information content (AvgIpc) is 2.84. The molecule has 4 aromatic carbocycles. The molecule has 0 amide bonds. The third kappa shape index (κ3) is 5.74.